The molecule has 0 saturated carbocycles. The van der Waals surface area contributed by atoms with Gasteiger partial charge in [0.25, 0.3) is 10.0 Å². The molecule has 4 rings (SSSR count). The van der Waals surface area contributed by atoms with Gasteiger partial charge < -0.3 is 10.2 Å². The molecule has 0 aromatic heterocycles. The molecule has 0 atom stereocenters. The molecule has 1 saturated heterocycles. The van der Waals surface area contributed by atoms with E-state index in [0.29, 0.717) is 13.0 Å². The van der Waals surface area contributed by atoms with Crippen LogP contribution in [-0.4, -0.2) is 33.3 Å². The van der Waals surface area contributed by atoms with E-state index in [9.17, 15) is 22.4 Å². The van der Waals surface area contributed by atoms with Crippen molar-refractivity contribution in [3.63, 3.8) is 0 Å². The highest BCUT2D eigenvalue weighted by molar-refractivity contribution is 7.92. The number of halogens is 1. The van der Waals surface area contributed by atoms with Crippen LogP contribution < -0.4 is 14.5 Å². The van der Waals surface area contributed by atoms with E-state index in [1.165, 1.54) is 24.3 Å². The third kappa shape index (κ3) is 5.26. The first-order valence-corrected chi connectivity index (χ1v) is 12.3. The number of carbonyl (C=O) groups is 2. The first-order valence-electron chi connectivity index (χ1n) is 10.8. The van der Waals surface area contributed by atoms with Gasteiger partial charge >= 0.3 is 0 Å². The minimum atomic E-state index is -4.06. The topological polar surface area (TPSA) is 86.8 Å². The molecule has 0 spiro atoms. The fraction of sp³-hybridized carbons (Fsp3) is 0.200. The first-order chi connectivity index (χ1) is 16.3. The average molecular weight is 482 g/mol. The summed E-state index contributed by atoms with van der Waals surface area (Å²) in [7, 11) is -4.06. The second-order valence-corrected chi connectivity index (χ2v) is 9.76. The van der Waals surface area contributed by atoms with Crippen molar-refractivity contribution < 1.29 is 22.4 Å². The maximum Gasteiger partial charge on any atom is 0.264 e. The summed E-state index contributed by atoms with van der Waals surface area (Å²) in [4.78, 5) is 26.5. The highest BCUT2D eigenvalue weighted by Gasteiger charge is 2.27. The molecular formula is C25H24FN3O4S. The molecule has 0 bridgehead atoms. The number of nitrogens with one attached hydrogen (secondary N) is 1. The fourth-order valence-electron chi connectivity index (χ4n) is 3.78. The molecule has 0 radical (unpaired) electrons. The summed E-state index contributed by atoms with van der Waals surface area (Å²) < 4.78 is 40.9. The van der Waals surface area contributed by atoms with Gasteiger partial charge in [-0.25, -0.2) is 12.8 Å². The normalized spacial score (nSPS) is 13.7. The Morgan fingerprint density at radius 2 is 1.74 bits per heavy atom. The quantitative estimate of drug-likeness (QED) is 0.534. The summed E-state index contributed by atoms with van der Waals surface area (Å²) in [6.45, 7) is 0.350. The van der Waals surface area contributed by atoms with Gasteiger partial charge in [-0.2, -0.15) is 0 Å². The number of carbonyl (C=O) groups excluding carboxylic acids is 2. The SMILES string of the molecule is O=C(CN(c1ccc(F)cc1)S(=O)(=O)c1ccccc1)NCc1cccc(N2CCCC2=O)c1. The third-order valence-electron chi connectivity index (χ3n) is 5.52. The lowest BCUT2D eigenvalue weighted by molar-refractivity contribution is -0.120. The zero-order valence-electron chi connectivity index (χ0n) is 18.4. The van der Waals surface area contributed by atoms with Gasteiger partial charge in [0.1, 0.15) is 12.4 Å². The Kier molecular flexibility index (Phi) is 6.93. The largest absolute Gasteiger partial charge is 0.350 e. The Bertz CT molecular complexity index is 1280. The van der Waals surface area contributed by atoms with E-state index in [0.717, 1.165) is 34.1 Å². The van der Waals surface area contributed by atoms with Crippen LogP contribution in [0.1, 0.15) is 18.4 Å². The highest BCUT2D eigenvalue weighted by atomic mass is 32.2. The van der Waals surface area contributed by atoms with Crippen LogP contribution in [-0.2, 0) is 26.2 Å². The number of hydrogen-bond acceptors (Lipinski definition) is 4. The Balaban J connectivity index is 1.50. The van der Waals surface area contributed by atoms with Gasteiger partial charge in [0, 0.05) is 25.2 Å². The van der Waals surface area contributed by atoms with Gasteiger partial charge in [-0.1, -0.05) is 30.3 Å². The molecule has 9 heteroatoms. The molecule has 1 N–H and O–H groups in total. The van der Waals surface area contributed by atoms with Crippen molar-refractivity contribution in [2.24, 2.45) is 0 Å². The number of anilines is 2. The number of hydrogen-bond donors (Lipinski definition) is 1. The summed E-state index contributed by atoms with van der Waals surface area (Å²) in [5, 5.41) is 2.74. The first kappa shape index (κ1) is 23.4. The minimum Gasteiger partial charge on any atom is -0.350 e. The van der Waals surface area contributed by atoms with E-state index >= 15 is 0 Å². The van der Waals surface area contributed by atoms with Crippen molar-refractivity contribution in [3.05, 3.63) is 90.2 Å². The lowest BCUT2D eigenvalue weighted by Gasteiger charge is -2.24. The summed E-state index contributed by atoms with van der Waals surface area (Å²) in [5.74, 6) is -0.963. The Morgan fingerprint density at radius 1 is 1.00 bits per heavy atom. The zero-order valence-corrected chi connectivity index (χ0v) is 19.2. The van der Waals surface area contributed by atoms with Gasteiger partial charge in [0.2, 0.25) is 11.8 Å². The maximum atomic E-state index is 13.4. The van der Waals surface area contributed by atoms with Crippen molar-refractivity contribution in [2.45, 2.75) is 24.3 Å². The third-order valence-corrected chi connectivity index (χ3v) is 7.31. The van der Waals surface area contributed by atoms with Crippen molar-refractivity contribution in [1.82, 2.24) is 5.32 Å². The fourth-order valence-corrected chi connectivity index (χ4v) is 5.23. The van der Waals surface area contributed by atoms with Gasteiger partial charge in [-0.3, -0.25) is 13.9 Å². The van der Waals surface area contributed by atoms with Gasteiger partial charge in [-0.15, -0.1) is 0 Å². The lowest BCUT2D eigenvalue weighted by atomic mass is 10.2. The minimum absolute atomic E-state index is 0.0232. The van der Waals surface area contributed by atoms with Crippen molar-refractivity contribution >= 4 is 33.2 Å². The van der Waals surface area contributed by atoms with Gasteiger partial charge in [0.05, 0.1) is 10.6 Å². The molecule has 1 heterocycles. The molecule has 2 amide bonds. The van der Waals surface area contributed by atoms with Crippen LogP contribution in [0.3, 0.4) is 0 Å². The molecule has 3 aromatic rings. The molecule has 1 aliphatic rings. The molecule has 34 heavy (non-hydrogen) atoms. The van der Waals surface area contributed by atoms with Crippen LogP contribution in [0.4, 0.5) is 15.8 Å². The van der Waals surface area contributed by atoms with E-state index in [-0.39, 0.29) is 23.0 Å². The van der Waals surface area contributed by atoms with Crippen LogP contribution >= 0.6 is 0 Å². The second kappa shape index (κ2) is 10.0. The van der Waals surface area contributed by atoms with E-state index in [1.54, 1.807) is 23.1 Å². The maximum absolute atomic E-state index is 13.4. The zero-order chi connectivity index (χ0) is 24.1. The van der Waals surface area contributed by atoms with E-state index in [4.69, 9.17) is 0 Å². The number of rotatable bonds is 8. The molecule has 0 unspecified atom stereocenters. The standard InChI is InChI=1S/C25H24FN3O4S/c26-20-11-13-21(14-12-20)29(34(32,33)23-8-2-1-3-9-23)18-24(30)27-17-19-6-4-7-22(16-19)28-15-5-10-25(28)31/h1-4,6-9,11-14,16H,5,10,15,17-18H2,(H,27,30). The van der Waals surface area contributed by atoms with Gasteiger partial charge in [0.15, 0.2) is 0 Å². The average Bonchev–Trinajstić information content (AvgIpc) is 3.28. The van der Waals surface area contributed by atoms with E-state index < -0.39 is 28.3 Å². The second-order valence-electron chi connectivity index (χ2n) is 7.90. The van der Waals surface area contributed by atoms with Crippen molar-refractivity contribution in [1.29, 1.82) is 0 Å². The molecule has 0 aliphatic carbocycles. The summed E-state index contributed by atoms with van der Waals surface area (Å²) in [6.07, 6.45) is 1.34. The highest BCUT2D eigenvalue weighted by Crippen LogP contribution is 2.24. The van der Waals surface area contributed by atoms with E-state index in [1.807, 2.05) is 24.3 Å². The molecule has 176 valence electrons. The Morgan fingerprint density at radius 3 is 2.41 bits per heavy atom. The molecule has 3 aromatic carbocycles. The number of sulfonamides is 1. The van der Waals surface area contributed by atoms with Crippen LogP contribution in [0.25, 0.3) is 0 Å². The van der Waals surface area contributed by atoms with Crippen LogP contribution in [0.15, 0.2) is 83.8 Å². The number of nitrogens with zero attached hydrogens (tertiary/aromatic N) is 2. The van der Waals surface area contributed by atoms with Gasteiger partial charge in [-0.05, 0) is 60.5 Å². The Hall–Kier alpha value is -3.72. The number of amides is 2. The molecule has 1 fully saturated rings. The summed E-state index contributed by atoms with van der Waals surface area (Å²) >= 11 is 0. The smallest absolute Gasteiger partial charge is 0.264 e. The summed E-state index contributed by atoms with van der Waals surface area (Å²) in [5.41, 5.74) is 1.73. The monoisotopic (exact) mass is 481 g/mol. The van der Waals surface area contributed by atoms with Crippen molar-refractivity contribution in [2.75, 3.05) is 22.3 Å². The predicted octanol–water partition coefficient (Wildman–Crippen LogP) is 3.46. The molecule has 1 aliphatic heterocycles. The number of benzene rings is 3. The lowest BCUT2D eigenvalue weighted by Crippen LogP contribution is -2.40. The predicted molar refractivity (Wildman–Crippen MR) is 127 cm³/mol. The molecule has 7 nitrogen and oxygen atoms in total. The molecular weight excluding hydrogens is 457 g/mol. The van der Waals surface area contributed by atoms with Crippen LogP contribution in [0, 0.1) is 5.82 Å². The van der Waals surface area contributed by atoms with E-state index in [2.05, 4.69) is 5.32 Å². The summed E-state index contributed by atoms with van der Waals surface area (Å²) in [6, 6.07) is 20.0. The Labute approximate surface area is 197 Å². The van der Waals surface area contributed by atoms with Crippen LogP contribution in [0.5, 0.6) is 0 Å². The van der Waals surface area contributed by atoms with Crippen molar-refractivity contribution in [3.8, 4) is 0 Å². The van der Waals surface area contributed by atoms with Crippen LogP contribution in [0.2, 0.25) is 0 Å².